The highest BCUT2D eigenvalue weighted by atomic mass is 32.1. The van der Waals surface area contributed by atoms with Crippen molar-refractivity contribution in [2.75, 3.05) is 0 Å². The number of hydrogen-bond acceptors (Lipinski definition) is 3. The Labute approximate surface area is 498 Å². The smallest absolute Gasteiger partial charge is 0.109 e. The van der Waals surface area contributed by atoms with E-state index in [1.54, 1.807) is 0 Å². The third-order valence-electron chi connectivity index (χ3n) is 18.6. The molecular weight excluding hydrogens is 1040 g/mol. The second-order valence-electron chi connectivity index (χ2n) is 23.1. The standard InChI is InChI=1S/C82H54N2S/c1-51-37-41-53(42-38-51)55-45-47-61-62-48-46-56(54-43-39-52(2)40-44-54)50-68(62)76-75(67(61)49-55)83-77-78(84-76)80(66-32-20-36-72-74(66)64-30-16-18-34-70(64)82(72,59-25-11-5-12-26-59)60-27-13-6-14-28-60)85-79(77)65-31-19-35-71-73(65)63-29-15-17-33-69(63)81(71,57-21-7-3-8-22-57)58-23-9-4-10-24-58/h3-50H,1-2H3. The number of aryl methyl sites for hydroxylation is 2. The van der Waals surface area contributed by atoms with E-state index in [9.17, 15) is 0 Å². The third kappa shape index (κ3) is 7.18. The average Bonchev–Trinajstić information content (AvgIpc) is 1.62. The van der Waals surface area contributed by atoms with Crippen LogP contribution in [0.3, 0.4) is 0 Å². The van der Waals surface area contributed by atoms with Crippen LogP contribution in [-0.2, 0) is 10.8 Å². The van der Waals surface area contributed by atoms with Gasteiger partial charge in [-0.25, -0.2) is 9.97 Å². The summed E-state index contributed by atoms with van der Waals surface area (Å²) in [6.07, 6.45) is 0. The van der Waals surface area contributed by atoms with Crippen molar-refractivity contribution in [3.05, 3.63) is 347 Å². The van der Waals surface area contributed by atoms with E-state index in [0.717, 1.165) is 75.6 Å². The number of hydrogen-bond donors (Lipinski definition) is 0. The minimum absolute atomic E-state index is 0.586. The third-order valence-corrected chi connectivity index (χ3v) is 19.8. The molecule has 0 aliphatic heterocycles. The molecule has 2 aliphatic carbocycles. The van der Waals surface area contributed by atoms with Gasteiger partial charge in [0.05, 0.1) is 31.6 Å². The van der Waals surface area contributed by atoms with Crippen molar-refractivity contribution in [1.29, 1.82) is 0 Å². The van der Waals surface area contributed by atoms with E-state index in [4.69, 9.17) is 9.97 Å². The van der Waals surface area contributed by atoms with E-state index >= 15 is 0 Å². The number of aromatic nitrogens is 2. The maximum atomic E-state index is 6.19. The van der Waals surface area contributed by atoms with Crippen molar-refractivity contribution in [2.45, 2.75) is 24.7 Å². The fraction of sp³-hybridized carbons (Fsp3) is 0.0488. The largest absolute Gasteiger partial charge is 0.242 e. The fourth-order valence-electron chi connectivity index (χ4n) is 14.9. The van der Waals surface area contributed by atoms with Gasteiger partial charge in [0.25, 0.3) is 0 Å². The Kier molecular flexibility index (Phi) is 11.1. The molecule has 0 spiro atoms. The lowest BCUT2D eigenvalue weighted by Gasteiger charge is -2.34. The van der Waals surface area contributed by atoms with E-state index in [2.05, 4.69) is 305 Å². The van der Waals surface area contributed by atoms with E-state index in [0.29, 0.717) is 0 Å². The van der Waals surface area contributed by atoms with Gasteiger partial charge in [0, 0.05) is 21.9 Å². The summed E-state index contributed by atoms with van der Waals surface area (Å²) in [4.78, 5) is 14.6. The van der Waals surface area contributed by atoms with Crippen molar-refractivity contribution in [3.63, 3.8) is 0 Å². The Morgan fingerprint density at radius 2 is 0.576 bits per heavy atom. The topological polar surface area (TPSA) is 25.8 Å². The van der Waals surface area contributed by atoms with E-state index in [-0.39, 0.29) is 0 Å². The molecule has 0 fully saturated rings. The van der Waals surface area contributed by atoms with Crippen LogP contribution in [0.4, 0.5) is 0 Å². The minimum atomic E-state index is -0.586. The number of rotatable bonds is 8. The summed E-state index contributed by atoms with van der Waals surface area (Å²) in [7, 11) is 0. The Balaban J connectivity index is 1.03. The molecule has 2 aromatic heterocycles. The van der Waals surface area contributed by atoms with Crippen LogP contribution < -0.4 is 0 Å². The average molecular weight is 1100 g/mol. The van der Waals surface area contributed by atoms with Crippen LogP contribution in [-0.4, -0.2) is 9.97 Å². The number of nitrogens with zero attached hydrogens (tertiary/aromatic N) is 2. The molecule has 85 heavy (non-hydrogen) atoms. The summed E-state index contributed by atoms with van der Waals surface area (Å²) >= 11 is 1.84. The van der Waals surface area contributed by atoms with E-state index in [1.165, 1.54) is 89.0 Å². The molecule has 0 amide bonds. The molecule has 13 aromatic carbocycles. The van der Waals surface area contributed by atoms with Gasteiger partial charge in [0.1, 0.15) is 11.0 Å². The van der Waals surface area contributed by atoms with Crippen LogP contribution in [0.5, 0.6) is 0 Å². The highest BCUT2D eigenvalue weighted by Crippen LogP contribution is 2.62. The zero-order chi connectivity index (χ0) is 56.4. The van der Waals surface area contributed by atoms with Gasteiger partial charge in [-0.3, -0.25) is 0 Å². The van der Waals surface area contributed by atoms with E-state index < -0.39 is 10.8 Å². The summed E-state index contributed by atoms with van der Waals surface area (Å²) in [5.74, 6) is 0. The second kappa shape index (κ2) is 19.1. The first-order chi connectivity index (χ1) is 42.0. The zero-order valence-corrected chi connectivity index (χ0v) is 47.8. The van der Waals surface area contributed by atoms with Gasteiger partial charge in [-0.2, -0.15) is 0 Å². The lowest BCUT2D eigenvalue weighted by Crippen LogP contribution is -2.28. The Morgan fingerprint density at radius 1 is 0.259 bits per heavy atom. The monoisotopic (exact) mass is 1100 g/mol. The molecule has 0 saturated heterocycles. The van der Waals surface area contributed by atoms with Gasteiger partial charge in [0.2, 0.25) is 0 Å². The van der Waals surface area contributed by atoms with Gasteiger partial charge in [-0.1, -0.05) is 290 Å². The molecule has 2 nitrogen and oxygen atoms in total. The molecule has 0 bridgehead atoms. The first-order valence-corrected chi connectivity index (χ1v) is 30.3. The molecule has 17 rings (SSSR count). The SMILES string of the molecule is Cc1ccc(-c2ccc3c4ccc(-c5ccc(C)cc5)cc4c4nc5c(-c6cccc7c6-c6ccccc6C7(c6ccccc6)c6ccccc6)sc(-c6cccc7c6-c6ccccc6C7(c6ccccc6)c6ccccc6)c5nc4c3c2)cc1. The lowest BCUT2D eigenvalue weighted by atomic mass is 9.67. The second-order valence-corrected chi connectivity index (χ2v) is 24.2. The highest BCUT2D eigenvalue weighted by molar-refractivity contribution is 7.21. The molecule has 0 atom stereocenters. The van der Waals surface area contributed by atoms with Gasteiger partial charge < -0.3 is 0 Å². The molecular formula is C82H54N2S. The van der Waals surface area contributed by atoms with Crippen molar-refractivity contribution in [3.8, 4) is 65.4 Å². The number of fused-ring (bicyclic) bond motifs is 13. The van der Waals surface area contributed by atoms with Gasteiger partial charge in [-0.05, 0) is 126 Å². The number of benzene rings is 13. The molecule has 0 unspecified atom stereocenters. The van der Waals surface area contributed by atoms with Crippen LogP contribution in [0.2, 0.25) is 0 Å². The predicted octanol–water partition coefficient (Wildman–Crippen LogP) is 21.2. The quantitative estimate of drug-likeness (QED) is 0.142. The Hall–Kier alpha value is -10.3. The first-order valence-electron chi connectivity index (χ1n) is 29.5. The summed E-state index contributed by atoms with van der Waals surface area (Å²) in [6, 6.07) is 108. The lowest BCUT2D eigenvalue weighted by molar-refractivity contribution is 0.768. The summed E-state index contributed by atoms with van der Waals surface area (Å²) in [6.45, 7) is 4.30. The molecule has 2 aliphatic rings. The maximum absolute atomic E-state index is 6.19. The van der Waals surface area contributed by atoms with Crippen molar-refractivity contribution >= 4 is 54.9 Å². The molecule has 2 heterocycles. The molecule has 15 aromatic rings. The number of thiophene rings is 1. The normalized spacial score (nSPS) is 13.5. The van der Waals surface area contributed by atoms with Crippen molar-refractivity contribution in [2.24, 2.45) is 0 Å². The van der Waals surface area contributed by atoms with Crippen LogP contribution in [0.15, 0.2) is 291 Å². The summed E-state index contributed by atoms with van der Waals surface area (Å²) < 4.78 is 0. The maximum Gasteiger partial charge on any atom is 0.109 e. The summed E-state index contributed by atoms with van der Waals surface area (Å²) in [5.41, 5.74) is 26.7. The molecule has 3 heteroatoms. The molecule has 0 radical (unpaired) electrons. The Morgan fingerprint density at radius 3 is 0.953 bits per heavy atom. The zero-order valence-electron chi connectivity index (χ0n) is 47.0. The Bertz CT molecular complexity index is 4760. The summed E-state index contributed by atoms with van der Waals surface area (Å²) in [5, 5.41) is 4.47. The van der Waals surface area contributed by atoms with Crippen molar-refractivity contribution in [1.82, 2.24) is 9.97 Å². The van der Waals surface area contributed by atoms with Crippen LogP contribution in [0.25, 0.3) is 109 Å². The first kappa shape index (κ1) is 49.3. The van der Waals surface area contributed by atoms with E-state index in [1.807, 2.05) is 11.3 Å². The van der Waals surface area contributed by atoms with Crippen molar-refractivity contribution < 1.29 is 0 Å². The van der Waals surface area contributed by atoms with Crippen LogP contribution in [0, 0.1) is 13.8 Å². The minimum Gasteiger partial charge on any atom is -0.242 e. The highest BCUT2D eigenvalue weighted by Gasteiger charge is 2.49. The predicted molar refractivity (Wildman–Crippen MR) is 356 cm³/mol. The fourth-order valence-corrected chi connectivity index (χ4v) is 16.1. The molecule has 0 saturated carbocycles. The molecule has 398 valence electrons. The van der Waals surface area contributed by atoms with Gasteiger partial charge >= 0.3 is 0 Å². The van der Waals surface area contributed by atoms with Gasteiger partial charge in [-0.15, -0.1) is 11.3 Å². The molecule has 0 N–H and O–H groups in total. The van der Waals surface area contributed by atoms with Gasteiger partial charge in [0.15, 0.2) is 0 Å². The van der Waals surface area contributed by atoms with Crippen LogP contribution in [0.1, 0.15) is 55.6 Å². The van der Waals surface area contributed by atoms with Crippen LogP contribution >= 0.6 is 11.3 Å².